The van der Waals surface area contributed by atoms with Crippen LogP contribution in [0.15, 0.2) is 24.3 Å². The zero-order chi connectivity index (χ0) is 13.5. The minimum absolute atomic E-state index is 0.0641. The molecule has 0 saturated heterocycles. The Morgan fingerprint density at radius 2 is 2.05 bits per heavy atom. The fourth-order valence-electron chi connectivity index (χ4n) is 2.70. The number of halogens is 1. The smallest absolute Gasteiger partial charge is 0.0963 e. The SMILES string of the molecule is CCNCC(OCC1CCCC1)c1ccccc1Cl. The first-order valence-electron chi connectivity index (χ1n) is 7.38. The molecule has 1 fully saturated rings. The number of ether oxygens (including phenoxy) is 1. The monoisotopic (exact) mass is 281 g/mol. The van der Waals surface area contributed by atoms with Crippen LogP contribution in [0.4, 0.5) is 0 Å². The van der Waals surface area contributed by atoms with Gasteiger partial charge in [0.1, 0.15) is 0 Å². The van der Waals surface area contributed by atoms with Crippen molar-refractivity contribution in [3.05, 3.63) is 34.9 Å². The van der Waals surface area contributed by atoms with E-state index in [0.717, 1.165) is 36.2 Å². The summed E-state index contributed by atoms with van der Waals surface area (Å²) in [4.78, 5) is 0. The van der Waals surface area contributed by atoms with Crippen molar-refractivity contribution in [1.82, 2.24) is 5.32 Å². The summed E-state index contributed by atoms with van der Waals surface area (Å²) in [5, 5.41) is 4.17. The Labute approximate surface area is 121 Å². The third-order valence-corrected chi connectivity index (χ3v) is 4.18. The highest BCUT2D eigenvalue weighted by Gasteiger charge is 2.19. The van der Waals surface area contributed by atoms with Gasteiger partial charge in [-0.05, 0) is 31.4 Å². The van der Waals surface area contributed by atoms with Gasteiger partial charge in [-0.2, -0.15) is 0 Å². The van der Waals surface area contributed by atoms with Crippen LogP contribution in [0.3, 0.4) is 0 Å². The lowest BCUT2D eigenvalue weighted by molar-refractivity contribution is 0.0298. The number of hydrogen-bond donors (Lipinski definition) is 1. The van der Waals surface area contributed by atoms with Crippen LogP contribution in [0.1, 0.15) is 44.3 Å². The van der Waals surface area contributed by atoms with E-state index < -0.39 is 0 Å². The fourth-order valence-corrected chi connectivity index (χ4v) is 2.96. The van der Waals surface area contributed by atoms with Crippen LogP contribution < -0.4 is 5.32 Å². The predicted molar refractivity (Wildman–Crippen MR) is 80.6 cm³/mol. The second-order valence-electron chi connectivity index (χ2n) is 5.30. The van der Waals surface area contributed by atoms with E-state index in [1.54, 1.807) is 0 Å². The summed E-state index contributed by atoms with van der Waals surface area (Å²) in [6.45, 7) is 4.75. The van der Waals surface area contributed by atoms with Crippen molar-refractivity contribution >= 4 is 11.6 Å². The van der Waals surface area contributed by atoms with E-state index >= 15 is 0 Å². The van der Waals surface area contributed by atoms with Gasteiger partial charge in [-0.1, -0.05) is 49.6 Å². The molecule has 0 radical (unpaired) electrons. The molecule has 19 heavy (non-hydrogen) atoms. The molecule has 0 spiro atoms. The van der Waals surface area contributed by atoms with E-state index in [2.05, 4.69) is 18.3 Å². The van der Waals surface area contributed by atoms with Gasteiger partial charge in [0, 0.05) is 17.1 Å². The molecule has 2 nitrogen and oxygen atoms in total. The van der Waals surface area contributed by atoms with Crippen LogP contribution >= 0.6 is 11.6 Å². The van der Waals surface area contributed by atoms with E-state index in [1.165, 1.54) is 25.7 Å². The van der Waals surface area contributed by atoms with Gasteiger partial charge in [0.25, 0.3) is 0 Å². The summed E-state index contributed by atoms with van der Waals surface area (Å²) in [7, 11) is 0. The molecule has 1 unspecified atom stereocenters. The summed E-state index contributed by atoms with van der Waals surface area (Å²) >= 11 is 6.29. The van der Waals surface area contributed by atoms with Crippen LogP contribution in [-0.4, -0.2) is 19.7 Å². The van der Waals surface area contributed by atoms with E-state index in [9.17, 15) is 0 Å². The molecule has 1 aromatic carbocycles. The second kappa shape index (κ2) is 7.88. The topological polar surface area (TPSA) is 21.3 Å². The molecule has 0 heterocycles. The van der Waals surface area contributed by atoms with Gasteiger partial charge in [-0.25, -0.2) is 0 Å². The standard InChI is InChI=1S/C16H24ClNO/c1-2-18-11-16(14-9-5-6-10-15(14)17)19-12-13-7-3-4-8-13/h5-6,9-10,13,16,18H,2-4,7-8,11-12H2,1H3. The van der Waals surface area contributed by atoms with Gasteiger partial charge < -0.3 is 10.1 Å². The summed E-state index contributed by atoms with van der Waals surface area (Å²) in [5.41, 5.74) is 1.10. The average Bonchev–Trinajstić information content (AvgIpc) is 2.93. The van der Waals surface area contributed by atoms with Crippen molar-refractivity contribution in [2.75, 3.05) is 19.7 Å². The first-order valence-corrected chi connectivity index (χ1v) is 7.75. The normalized spacial score (nSPS) is 17.8. The molecule has 1 aromatic rings. The van der Waals surface area contributed by atoms with Gasteiger partial charge in [0.05, 0.1) is 12.7 Å². The average molecular weight is 282 g/mol. The molecule has 1 saturated carbocycles. The molecule has 3 heteroatoms. The first-order chi connectivity index (χ1) is 9.31. The summed E-state index contributed by atoms with van der Waals surface area (Å²) < 4.78 is 6.15. The summed E-state index contributed by atoms with van der Waals surface area (Å²) in [6.07, 6.45) is 5.41. The van der Waals surface area contributed by atoms with Crippen molar-refractivity contribution in [3.8, 4) is 0 Å². The molecule has 106 valence electrons. The maximum absolute atomic E-state index is 6.29. The van der Waals surface area contributed by atoms with Crippen molar-refractivity contribution in [1.29, 1.82) is 0 Å². The van der Waals surface area contributed by atoms with Gasteiger partial charge >= 0.3 is 0 Å². The molecular formula is C16H24ClNO. The molecule has 0 amide bonds. The highest BCUT2D eigenvalue weighted by Crippen LogP contribution is 2.29. The van der Waals surface area contributed by atoms with E-state index in [4.69, 9.17) is 16.3 Å². The summed E-state index contributed by atoms with van der Waals surface area (Å²) in [5.74, 6) is 0.742. The lowest BCUT2D eigenvalue weighted by atomic mass is 10.1. The lowest BCUT2D eigenvalue weighted by Crippen LogP contribution is -2.24. The zero-order valence-corrected chi connectivity index (χ0v) is 12.5. The Morgan fingerprint density at radius 3 is 2.74 bits per heavy atom. The summed E-state index contributed by atoms with van der Waals surface area (Å²) in [6, 6.07) is 8.00. The quantitative estimate of drug-likeness (QED) is 0.809. The van der Waals surface area contributed by atoms with Gasteiger partial charge in [0.15, 0.2) is 0 Å². The van der Waals surface area contributed by atoms with Crippen molar-refractivity contribution in [2.45, 2.75) is 38.7 Å². The van der Waals surface area contributed by atoms with Crippen LogP contribution in [-0.2, 0) is 4.74 Å². The zero-order valence-electron chi connectivity index (χ0n) is 11.7. The maximum atomic E-state index is 6.29. The Hall–Kier alpha value is -0.570. The van der Waals surface area contributed by atoms with Crippen LogP contribution in [0.25, 0.3) is 0 Å². The number of nitrogens with one attached hydrogen (secondary N) is 1. The molecule has 1 N–H and O–H groups in total. The Bertz CT molecular complexity index is 377. The Kier molecular flexibility index (Phi) is 6.15. The van der Waals surface area contributed by atoms with Crippen LogP contribution in [0, 0.1) is 5.92 Å². The molecular weight excluding hydrogens is 258 g/mol. The van der Waals surface area contributed by atoms with Crippen LogP contribution in [0.2, 0.25) is 5.02 Å². The molecule has 1 aliphatic rings. The van der Waals surface area contributed by atoms with Crippen LogP contribution in [0.5, 0.6) is 0 Å². The number of hydrogen-bond acceptors (Lipinski definition) is 2. The minimum atomic E-state index is 0.0641. The van der Waals surface area contributed by atoms with Crippen molar-refractivity contribution in [2.24, 2.45) is 5.92 Å². The number of rotatable bonds is 7. The molecule has 0 aromatic heterocycles. The van der Waals surface area contributed by atoms with Gasteiger partial charge in [0.2, 0.25) is 0 Å². The lowest BCUT2D eigenvalue weighted by Gasteiger charge is -2.21. The highest BCUT2D eigenvalue weighted by molar-refractivity contribution is 6.31. The number of likely N-dealkylation sites (N-methyl/N-ethyl adjacent to an activating group) is 1. The highest BCUT2D eigenvalue weighted by atomic mass is 35.5. The van der Waals surface area contributed by atoms with Crippen molar-refractivity contribution in [3.63, 3.8) is 0 Å². The fraction of sp³-hybridized carbons (Fsp3) is 0.625. The van der Waals surface area contributed by atoms with E-state index in [1.807, 2.05) is 18.2 Å². The number of benzene rings is 1. The molecule has 1 atom stereocenters. The third kappa shape index (κ3) is 4.48. The van der Waals surface area contributed by atoms with E-state index in [0.29, 0.717) is 0 Å². The largest absolute Gasteiger partial charge is 0.372 e. The minimum Gasteiger partial charge on any atom is -0.372 e. The van der Waals surface area contributed by atoms with Gasteiger partial charge in [-0.3, -0.25) is 0 Å². The molecule has 1 aliphatic carbocycles. The van der Waals surface area contributed by atoms with Crippen molar-refractivity contribution < 1.29 is 4.74 Å². The Morgan fingerprint density at radius 1 is 1.32 bits per heavy atom. The van der Waals surface area contributed by atoms with Gasteiger partial charge in [-0.15, -0.1) is 0 Å². The Balaban J connectivity index is 1.96. The predicted octanol–water partition coefficient (Wildman–Crippen LogP) is 4.20. The van der Waals surface area contributed by atoms with E-state index in [-0.39, 0.29) is 6.10 Å². The second-order valence-corrected chi connectivity index (χ2v) is 5.71. The first kappa shape index (κ1) is 14.8. The maximum Gasteiger partial charge on any atom is 0.0963 e. The molecule has 0 aliphatic heterocycles. The molecule has 0 bridgehead atoms. The third-order valence-electron chi connectivity index (χ3n) is 3.84. The molecule has 2 rings (SSSR count).